The average Bonchev–Trinajstić information content (AvgIpc) is 3.47. The minimum absolute atomic E-state index is 0.155. The molecule has 38 heavy (non-hydrogen) atoms. The third-order valence-corrected chi connectivity index (χ3v) is 7.30. The van der Waals surface area contributed by atoms with E-state index in [4.69, 9.17) is 9.40 Å². The van der Waals surface area contributed by atoms with Gasteiger partial charge in [-0.15, -0.1) is 0 Å². The molecule has 198 valence electrons. The van der Waals surface area contributed by atoms with Crippen LogP contribution in [0.15, 0.2) is 71.3 Å². The lowest BCUT2D eigenvalue weighted by Crippen LogP contribution is -2.24. The largest absolute Gasteiger partial charge is 0.441 e. The molecular formula is C30H31F3N4O. The first kappa shape index (κ1) is 25.9. The zero-order valence-corrected chi connectivity index (χ0v) is 21.6. The van der Waals surface area contributed by atoms with Crippen molar-refractivity contribution in [3.8, 4) is 11.5 Å². The summed E-state index contributed by atoms with van der Waals surface area (Å²) in [5, 5.41) is 0. The number of aromatic nitrogens is 3. The first-order chi connectivity index (χ1) is 18.3. The molecule has 0 amide bonds. The number of hydrogen-bond donors (Lipinski definition) is 0. The second kappa shape index (κ2) is 11.0. The lowest BCUT2D eigenvalue weighted by molar-refractivity contribution is -0.141. The molecule has 5 nitrogen and oxygen atoms in total. The van der Waals surface area contributed by atoms with Gasteiger partial charge in [0.1, 0.15) is 11.5 Å². The normalized spacial score (nSPS) is 17.8. The van der Waals surface area contributed by atoms with Crippen molar-refractivity contribution in [3.63, 3.8) is 0 Å². The van der Waals surface area contributed by atoms with E-state index in [0.29, 0.717) is 30.8 Å². The highest BCUT2D eigenvalue weighted by molar-refractivity contribution is 5.53. The molecule has 0 bridgehead atoms. The second-order valence-electron chi connectivity index (χ2n) is 10.1. The lowest BCUT2D eigenvalue weighted by Gasteiger charge is -2.17. The topological polar surface area (TPSA) is 55.1 Å². The number of halogens is 3. The Morgan fingerprint density at radius 1 is 0.921 bits per heavy atom. The minimum Gasteiger partial charge on any atom is -0.441 e. The number of aryl methyl sites for hydroxylation is 3. The smallest absolute Gasteiger partial charge is 0.433 e. The summed E-state index contributed by atoms with van der Waals surface area (Å²) in [7, 11) is 0. The van der Waals surface area contributed by atoms with Crippen LogP contribution in [0.4, 0.5) is 19.1 Å². The van der Waals surface area contributed by atoms with E-state index in [1.165, 1.54) is 17.3 Å². The van der Waals surface area contributed by atoms with Gasteiger partial charge in [0.25, 0.3) is 0 Å². The second-order valence-corrected chi connectivity index (χ2v) is 10.1. The number of nitrogens with zero attached hydrogens (tertiary/aromatic N) is 4. The van der Waals surface area contributed by atoms with E-state index in [1.807, 2.05) is 42.2 Å². The van der Waals surface area contributed by atoms with Gasteiger partial charge in [-0.1, -0.05) is 49.4 Å². The SMILES string of the molecule is Cc1oc(-c2ccccc2)nc1CCCc1ccc(CC2CN(c3nccc(C(F)(F)F)n3)CC2C)cc1. The maximum Gasteiger partial charge on any atom is 0.433 e. The van der Waals surface area contributed by atoms with E-state index in [9.17, 15) is 13.2 Å². The lowest BCUT2D eigenvalue weighted by atomic mass is 9.90. The maximum atomic E-state index is 13.1. The average molecular weight is 521 g/mol. The van der Waals surface area contributed by atoms with Gasteiger partial charge >= 0.3 is 6.18 Å². The highest BCUT2D eigenvalue weighted by Crippen LogP contribution is 2.32. The summed E-state index contributed by atoms with van der Waals surface area (Å²) in [6, 6.07) is 19.5. The molecule has 1 aliphatic heterocycles. The van der Waals surface area contributed by atoms with E-state index < -0.39 is 11.9 Å². The first-order valence-corrected chi connectivity index (χ1v) is 13.0. The Bertz CT molecular complexity index is 1350. The minimum atomic E-state index is -4.47. The molecule has 2 aromatic heterocycles. The van der Waals surface area contributed by atoms with Gasteiger partial charge in [-0.05, 0) is 73.8 Å². The van der Waals surface area contributed by atoms with Gasteiger partial charge in [0.05, 0.1) is 5.69 Å². The van der Waals surface area contributed by atoms with E-state index >= 15 is 0 Å². The fourth-order valence-corrected chi connectivity index (χ4v) is 5.09. The zero-order valence-electron chi connectivity index (χ0n) is 21.6. The molecule has 0 aliphatic carbocycles. The van der Waals surface area contributed by atoms with Crippen molar-refractivity contribution in [2.24, 2.45) is 11.8 Å². The van der Waals surface area contributed by atoms with Crippen molar-refractivity contribution in [1.82, 2.24) is 15.0 Å². The Morgan fingerprint density at radius 3 is 2.39 bits per heavy atom. The molecule has 2 aromatic carbocycles. The molecule has 0 saturated carbocycles. The number of benzene rings is 2. The summed E-state index contributed by atoms with van der Waals surface area (Å²) in [4.78, 5) is 14.4. The van der Waals surface area contributed by atoms with Gasteiger partial charge in [0.2, 0.25) is 11.8 Å². The maximum absolute atomic E-state index is 13.1. The standard InChI is InChI=1S/C30H31F3N4O/c1-20-18-37(29-34-16-15-27(36-29)30(31,32)33)19-25(20)17-23-13-11-22(12-14-23)7-6-10-26-21(2)38-28(35-26)24-8-4-3-5-9-24/h3-5,8-9,11-16,20,25H,6-7,10,17-19H2,1-2H3. The highest BCUT2D eigenvalue weighted by Gasteiger charge is 2.35. The zero-order chi connectivity index (χ0) is 26.7. The molecule has 2 atom stereocenters. The third-order valence-electron chi connectivity index (χ3n) is 7.30. The van der Waals surface area contributed by atoms with E-state index in [2.05, 4.69) is 41.2 Å². The van der Waals surface area contributed by atoms with Crippen LogP contribution in [0, 0.1) is 18.8 Å². The number of hydrogen-bond acceptors (Lipinski definition) is 5. The van der Waals surface area contributed by atoms with Crippen LogP contribution in [0.1, 0.15) is 41.6 Å². The molecule has 5 rings (SSSR count). The Labute approximate surface area is 220 Å². The molecule has 1 fully saturated rings. The van der Waals surface area contributed by atoms with Crippen molar-refractivity contribution < 1.29 is 17.6 Å². The summed E-state index contributed by atoms with van der Waals surface area (Å²) in [5.41, 5.74) is 3.60. The van der Waals surface area contributed by atoms with Gasteiger partial charge in [0, 0.05) is 24.8 Å². The van der Waals surface area contributed by atoms with Gasteiger partial charge in [-0.25, -0.2) is 15.0 Å². The molecule has 0 spiro atoms. The molecule has 2 unspecified atom stereocenters. The molecule has 1 aliphatic rings. The van der Waals surface area contributed by atoms with Crippen LogP contribution in [0.5, 0.6) is 0 Å². The summed E-state index contributed by atoms with van der Waals surface area (Å²) in [6.07, 6.45) is 0.381. The molecule has 3 heterocycles. The first-order valence-electron chi connectivity index (χ1n) is 13.0. The predicted octanol–water partition coefficient (Wildman–Crippen LogP) is 6.95. The van der Waals surface area contributed by atoms with Crippen molar-refractivity contribution in [2.45, 2.75) is 45.7 Å². The van der Waals surface area contributed by atoms with Crippen LogP contribution in [0.3, 0.4) is 0 Å². The molecule has 4 aromatic rings. The Morgan fingerprint density at radius 2 is 1.66 bits per heavy atom. The van der Waals surface area contributed by atoms with E-state index in [0.717, 1.165) is 48.8 Å². The molecular weight excluding hydrogens is 489 g/mol. The summed E-state index contributed by atoms with van der Waals surface area (Å²) in [6.45, 7) is 5.40. The fourth-order valence-electron chi connectivity index (χ4n) is 5.09. The van der Waals surface area contributed by atoms with Crippen LogP contribution in [-0.4, -0.2) is 28.0 Å². The molecule has 0 N–H and O–H groups in total. The Hall–Kier alpha value is -3.68. The van der Waals surface area contributed by atoms with Crippen LogP contribution in [0.25, 0.3) is 11.5 Å². The third kappa shape index (κ3) is 6.06. The van der Waals surface area contributed by atoms with Gasteiger partial charge < -0.3 is 9.32 Å². The fraction of sp³-hybridized carbons (Fsp3) is 0.367. The van der Waals surface area contributed by atoms with E-state index in [1.54, 1.807) is 0 Å². The van der Waals surface area contributed by atoms with Crippen molar-refractivity contribution in [2.75, 3.05) is 18.0 Å². The summed E-state index contributed by atoms with van der Waals surface area (Å²) in [5.74, 6) is 2.35. The molecule has 0 radical (unpaired) electrons. The van der Waals surface area contributed by atoms with Crippen molar-refractivity contribution in [1.29, 1.82) is 0 Å². The van der Waals surface area contributed by atoms with Crippen LogP contribution >= 0.6 is 0 Å². The van der Waals surface area contributed by atoms with Crippen molar-refractivity contribution in [3.05, 3.63) is 95.1 Å². The van der Waals surface area contributed by atoms with Crippen LogP contribution in [0.2, 0.25) is 0 Å². The van der Waals surface area contributed by atoms with Gasteiger partial charge in [0.15, 0.2) is 0 Å². The number of rotatable bonds is 8. The number of anilines is 1. The summed E-state index contributed by atoms with van der Waals surface area (Å²) >= 11 is 0. The number of alkyl halides is 3. The Kier molecular flexibility index (Phi) is 7.49. The summed E-state index contributed by atoms with van der Waals surface area (Å²) < 4.78 is 45.1. The molecule has 8 heteroatoms. The highest BCUT2D eigenvalue weighted by atomic mass is 19.4. The predicted molar refractivity (Wildman–Crippen MR) is 141 cm³/mol. The van der Waals surface area contributed by atoms with Crippen molar-refractivity contribution >= 4 is 5.95 Å². The van der Waals surface area contributed by atoms with Gasteiger partial charge in [-0.2, -0.15) is 13.2 Å². The monoisotopic (exact) mass is 520 g/mol. The van der Waals surface area contributed by atoms with Crippen LogP contribution in [-0.2, 0) is 25.4 Å². The molecule has 1 saturated heterocycles. The van der Waals surface area contributed by atoms with E-state index in [-0.39, 0.29) is 5.95 Å². The number of oxazole rings is 1. The van der Waals surface area contributed by atoms with Gasteiger partial charge in [-0.3, -0.25) is 0 Å². The van der Waals surface area contributed by atoms with Crippen LogP contribution < -0.4 is 4.90 Å². The Balaban J connectivity index is 1.13. The quantitative estimate of drug-likeness (QED) is 0.252.